The predicted molar refractivity (Wildman–Crippen MR) is 76.9 cm³/mol. The summed E-state index contributed by atoms with van der Waals surface area (Å²) in [6, 6.07) is 13.1. The molecule has 0 heterocycles. The second-order valence-corrected chi connectivity index (χ2v) is 4.81. The third-order valence-electron chi connectivity index (χ3n) is 3.18. The maximum absolute atomic E-state index is 12.5. The van der Waals surface area contributed by atoms with E-state index in [0.717, 1.165) is 12.1 Å². The first-order valence-corrected chi connectivity index (χ1v) is 6.66. The number of benzene rings is 2. The molecule has 2 aromatic carbocycles. The minimum absolute atomic E-state index is 0.306. The number of hydrogen-bond acceptors (Lipinski definition) is 2. The van der Waals surface area contributed by atoms with Crippen molar-refractivity contribution in [2.75, 3.05) is 0 Å². The largest absolute Gasteiger partial charge is 0.416 e. The molecule has 6 heteroatoms. The van der Waals surface area contributed by atoms with Crippen LogP contribution in [0.5, 0.6) is 0 Å². The van der Waals surface area contributed by atoms with E-state index in [2.05, 4.69) is 10.9 Å². The van der Waals surface area contributed by atoms with E-state index in [1.165, 1.54) is 12.1 Å². The Kier molecular flexibility index (Phi) is 4.82. The quantitative estimate of drug-likeness (QED) is 0.846. The first-order valence-electron chi connectivity index (χ1n) is 6.66. The first kappa shape index (κ1) is 16.0. The Labute approximate surface area is 126 Å². The van der Waals surface area contributed by atoms with E-state index in [9.17, 15) is 18.0 Å². The molecule has 0 spiro atoms. The number of carbonyl (C=O) groups excluding carboxylic acids is 1. The summed E-state index contributed by atoms with van der Waals surface area (Å²) in [6.07, 6.45) is -4.35. The van der Waals surface area contributed by atoms with E-state index < -0.39 is 11.7 Å². The minimum atomic E-state index is -4.35. The SMILES string of the molecule is C[C@H](NNC(=O)c1ccccc1)c1ccc(C(F)(F)F)cc1. The lowest BCUT2D eigenvalue weighted by Gasteiger charge is -2.16. The molecule has 2 N–H and O–H groups in total. The zero-order valence-corrected chi connectivity index (χ0v) is 11.8. The highest BCUT2D eigenvalue weighted by atomic mass is 19.4. The van der Waals surface area contributed by atoms with Crippen LogP contribution >= 0.6 is 0 Å². The lowest BCUT2D eigenvalue weighted by atomic mass is 10.1. The molecule has 1 atom stereocenters. The zero-order valence-electron chi connectivity index (χ0n) is 11.8. The Balaban J connectivity index is 1.95. The number of hydrazine groups is 1. The van der Waals surface area contributed by atoms with Crippen LogP contribution in [-0.4, -0.2) is 5.91 Å². The standard InChI is InChI=1S/C16H15F3N2O/c1-11(12-7-9-14(10-8-12)16(17,18)19)20-21-15(22)13-5-3-2-4-6-13/h2-11,20H,1H3,(H,21,22)/t11-/m0/s1. The van der Waals surface area contributed by atoms with Crippen molar-refractivity contribution < 1.29 is 18.0 Å². The molecule has 22 heavy (non-hydrogen) atoms. The van der Waals surface area contributed by atoms with E-state index in [4.69, 9.17) is 0 Å². The van der Waals surface area contributed by atoms with Crippen molar-refractivity contribution in [2.24, 2.45) is 0 Å². The van der Waals surface area contributed by atoms with Gasteiger partial charge < -0.3 is 0 Å². The molecular weight excluding hydrogens is 293 g/mol. The molecule has 0 radical (unpaired) electrons. The van der Waals surface area contributed by atoms with Crippen LogP contribution in [-0.2, 0) is 6.18 Å². The summed E-state index contributed by atoms with van der Waals surface area (Å²) in [5.41, 5.74) is 5.74. The van der Waals surface area contributed by atoms with Gasteiger partial charge in [-0.05, 0) is 36.8 Å². The molecule has 0 aliphatic heterocycles. The second-order valence-electron chi connectivity index (χ2n) is 4.81. The van der Waals surface area contributed by atoms with Gasteiger partial charge in [0.1, 0.15) is 0 Å². The molecule has 0 saturated carbocycles. The lowest BCUT2D eigenvalue weighted by molar-refractivity contribution is -0.137. The molecule has 0 unspecified atom stereocenters. The third kappa shape index (κ3) is 4.08. The molecule has 0 saturated heterocycles. The zero-order chi connectivity index (χ0) is 16.2. The number of hydrogen-bond donors (Lipinski definition) is 2. The number of amides is 1. The van der Waals surface area contributed by atoms with Gasteiger partial charge in [0, 0.05) is 11.6 Å². The topological polar surface area (TPSA) is 41.1 Å². The van der Waals surface area contributed by atoms with Crippen molar-refractivity contribution in [3.63, 3.8) is 0 Å². The Morgan fingerprint density at radius 2 is 1.59 bits per heavy atom. The van der Waals surface area contributed by atoms with Gasteiger partial charge in [-0.3, -0.25) is 10.2 Å². The van der Waals surface area contributed by atoms with Crippen LogP contribution < -0.4 is 10.9 Å². The number of halogens is 3. The van der Waals surface area contributed by atoms with Crippen molar-refractivity contribution in [1.82, 2.24) is 10.9 Å². The van der Waals surface area contributed by atoms with Crippen LogP contribution in [0.15, 0.2) is 54.6 Å². The van der Waals surface area contributed by atoms with Gasteiger partial charge >= 0.3 is 6.18 Å². The highest BCUT2D eigenvalue weighted by Crippen LogP contribution is 2.29. The van der Waals surface area contributed by atoms with E-state index in [1.54, 1.807) is 37.3 Å². The van der Waals surface area contributed by atoms with Crippen LogP contribution in [0.2, 0.25) is 0 Å². The van der Waals surface area contributed by atoms with E-state index in [-0.39, 0.29) is 11.9 Å². The molecule has 0 aliphatic rings. The Morgan fingerprint density at radius 1 is 1.00 bits per heavy atom. The number of rotatable bonds is 4. The monoisotopic (exact) mass is 308 g/mol. The highest BCUT2D eigenvalue weighted by molar-refractivity contribution is 5.93. The number of carbonyl (C=O) groups is 1. The Hall–Kier alpha value is -2.34. The van der Waals surface area contributed by atoms with Crippen LogP contribution in [0.4, 0.5) is 13.2 Å². The normalized spacial score (nSPS) is 12.7. The average Bonchev–Trinajstić information content (AvgIpc) is 2.52. The molecule has 0 aromatic heterocycles. The van der Waals surface area contributed by atoms with Crippen molar-refractivity contribution in [3.05, 3.63) is 71.3 Å². The molecular formula is C16H15F3N2O. The van der Waals surface area contributed by atoms with Crippen LogP contribution in [0.25, 0.3) is 0 Å². The van der Waals surface area contributed by atoms with Crippen molar-refractivity contribution in [1.29, 1.82) is 0 Å². The summed E-state index contributed by atoms with van der Waals surface area (Å²) in [5.74, 6) is -0.306. The van der Waals surface area contributed by atoms with E-state index in [1.807, 2.05) is 0 Å². The molecule has 0 bridgehead atoms. The van der Waals surface area contributed by atoms with Gasteiger partial charge in [-0.15, -0.1) is 0 Å². The van der Waals surface area contributed by atoms with E-state index in [0.29, 0.717) is 11.1 Å². The summed E-state index contributed by atoms with van der Waals surface area (Å²) in [7, 11) is 0. The summed E-state index contributed by atoms with van der Waals surface area (Å²) >= 11 is 0. The smallest absolute Gasteiger partial charge is 0.287 e. The molecule has 3 nitrogen and oxygen atoms in total. The van der Waals surface area contributed by atoms with Crippen LogP contribution in [0.3, 0.4) is 0 Å². The third-order valence-corrected chi connectivity index (χ3v) is 3.18. The fourth-order valence-electron chi connectivity index (χ4n) is 1.88. The predicted octanol–water partition coefficient (Wildman–Crippen LogP) is 3.70. The summed E-state index contributed by atoms with van der Waals surface area (Å²) in [4.78, 5) is 11.8. The molecule has 2 rings (SSSR count). The summed E-state index contributed by atoms with van der Waals surface area (Å²) in [5, 5.41) is 0. The average molecular weight is 308 g/mol. The highest BCUT2D eigenvalue weighted by Gasteiger charge is 2.30. The van der Waals surface area contributed by atoms with E-state index >= 15 is 0 Å². The van der Waals surface area contributed by atoms with Gasteiger partial charge in [0.2, 0.25) is 0 Å². The van der Waals surface area contributed by atoms with Crippen molar-refractivity contribution >= 4 is 5.91 Å². The fourth-order valence-corrected chi connectivity index (χ4v) is 1.88. The van der Waals surface area contributed by atoms with Crippen molar-refractivity contribution in [2.45, 2.75) is 19.1 Å². The molecule has 0 aliphatic carbocycles. The minimum Gasteiger partial charge on any atom is -0.287 e. The Morgan fingerprint density at radius 3 is 2.14 bits per heavy atom. The lowest BCUT2D eigenvalue weighted by Crippen LogP contribution is -2.39. The van der Waals surface area contributed by atoms with Gasteiger partial charge in [0.15, 0.2) is 0 Å². The van der Waals surface area contributed by atoms with Crippen molar-refractivity contribution in [3.8, 4) is 0 Å². The molecule has 2 aromatic rings. The summed E-state index contributed by atoms with van der Waals surface area (Å²) in [6.45, 7) is 1.74. The maximum Gasteiger partial charge on any atom is 0.416 e. The molecule has 1 amide bonds. The van der Waals surface area contributed by atoms with Crippen LogP contribution in [0, 0.1) is 0 Å². The molecule has 116 valence electrons. The number of nitrogens with one attached hydrogen (secondary N) is 2. The van der Waals surface area contributed by atoms with Gasteiger partial charge in [-0.25, -0.2) is 5.43 Å². The fraction of sp³-hybridized carbons (Fsp3) is 0.188. The first-order chi connectivity index (χ1) is 10.4. The Bertz CT molecular complexity index is 624. The van der Waals surface area contributed by atoms with Crippen LogP contribution in [0.1, 0.15) is 34.5 Å². The van der Waals surface area contributed by atoms with Gasteiger partial charge in [-0.1, -0.05) is 30.3 Å². The second kappa shape index (κ2) is 6.62. The molecule has 0 fully saturated rings. The maximum atomic E-state index is 12.5. The van der Waals surface area contributed by atoms with Gasteiger partial charge in [-0.2, -0.15) is 13.2 Å². The van der Waals surface area contributed by atoms with Gasteiger partial charge in [0.05, 0.1) is 5.56 Å². The summed E-state index contributed by atoms with van der Waals surface area (Å²) < 4.78 is 37.5. The number of alkyl halides is 3. The van der Waals surface area contributed by atoms with Gasteiger partial charge in [0.25, 0.3) is 5.91 Å².